The molecular formula is C33H21Cl2N3O2S. The summed E-state index contributed by atoms with van der Waals surface area (Å²) in [5.41, 5.74) is 5.43. The first-order chi connectivity index (χ1) is 19.9. The van der Waals surface area contributed by atoms with Gasteiger partial charge in [0.2, 0.25) is 0 Å². The molecule has 2 amide bonds. The summed E-state index contributed by atoms with van der Waals surface area (Å²) < 4.78 is 2.14. The van der Waals surface area contributed by atoms with Crippen LogP contribution in [-0.2, 0) is 9.59 Å². The van der Waals surface area contributed by atoms with Gasteiger partial charge in [0.1, 0.15) is 5.57 Å². The average molecular weight is 595 g/mol. The molecule has 8 heteroatoms. The van der Waals surface area contributed by atoms with Crippen LogP contribution < -0.4 is 10.2 Å². The van der Waals surface area contributed by atoms with Gasteiger partial charge in [-0.2, -0.15) is 0 Å². The Morgan fingerprint density at radius 2 is 1.34 bits per heavy atom. The summed E-state index contributed by atoms with van der Waals surface area (Å²) in [6.45, 7) is 0. The topological polar surface area (TPSA) is 54.3 Å². The van der Waals surface area contributed by atoms with E-state index in [2.05, 4.69) is 9.88 Å². The minimum Gasteiger partial charge on any atom is -0.309 e. The zero-order valence-corrected chi connectivity index (χ0v) is 23.8. The number of carbonyl (C=O) groups is 2. The summed E-state index contributed by atoms with van der Waals surface area (Å²) in [5, 5.41) is 2.99. The predicted molar refractivity (Wildman–Crippen MR) is 169 cm³/mol. The van der Waals surface area contributed by atoms with Crippen molar-refractivity contribution < 1.29 is 9.59 Å². The van der Waals surface area contributed by atoms with E-state index >= 15 is 0 Å². The van der Waals surface area contributed by atoms with Gasteiger partial charge in [-0.3, -0.25) is 19.8 Å². The van der Waals surface area contributed by atoms with Crippen molar-refractivity contribution in [3.05, 3.63) is 136 Å². The largest absolute Gasteiger partial charge is 0.309 e. The molecule has 0 spiro atoms. The summed E-state index contributed by atoms with van der Waals surface area (Å²) in [5.74, 6) is -1.20. The van der Waals surface area contributed by atoms with Gasteiger partial charge in [0.05, 0.1) is 27.1 Å². The fourth-order valence-corrected chi connectivity index (χ4v) is 5.55. The van der Waals surface area contributed by atoms with E-state index in [1.165, 1.54) is 4.90 Å². The number of para-hydroxylation sites is 1. The van der Waals surface area contributed by atoms with E-state index in [-0.39, 0.29) is 26.4 Å². The molecule has 5 nitrogen and oxygen atoms in total. The number of halogens is 2. The lowest BCUT2D eigenvalue weighted by Crippen LogP contribution is -2.54. The lowest BCUT2D eigenvalue weighted by molar-refractivity contribution is -0.122. The monoisotopic (exact) mass is 593 g/mol. The van der Waals surface area contributed by atoms with Crippen molar-refractivity contribution in [3.63, 3.8) is 0 Å². The maximum atomic E-state index is 13.9. The lowest BCUT2D eigenvalue weighted by Gasteiger charge is -2.29. The van der Waals surface area contributed by atoms with Crippen LogP contribution in [0.5, 0.6) is 0 Å². The summed E-state index contributed by atoms with van der Waals surface area (Å²) in [7, 11) is 0. The SMILES string of the molecule is O=C1NC(=S)N(c2cccc(Cl)c2Cl)C(=O)/C1=C\c1cc(-c2ccccc2)n(-c2ccccc2)c1-c1ccccc1. The van der Waals surface area contributed by atoms with Crippen molar-refractivity contribution in [2.75, 3.05) is 4.90 Å². The van der Waals surface area contributed by atoms with Gasteiger partial charge >= 0.3 is 0 Å². The Labute approximate surface area is 252 Å². The first-order valence-electron chi connectivity index (χ1n) is 12.7. The average Bonchev–Trinajstić information content (AvgIpc) is 3.38. The van der Waals surface area contributed by atoms with Crippen molar-refractivity contribution >= 4 is 64.1 Å². The second-order valence-corrected chi connectivity index (χ2v) is 10.4. The quantitative estimate of drug-likeness (QED) is 0.128. The van der Waals surface area contributed by atoms with Crippen LogP contribution in [0.1, 0.15) is 5.56 Å². The second-order valence-electron chi connectivity index (χ2n) is 9.27. The zero-order chi connectivity index (χ0) is 28.5. The molecule has 2 heterocycles. The van der Waals surface area contributed by atoms with Crippen LogP contribution >= 0.6 is 35.4 Å². The highest BCUT2D eigenvalue weighted by atomic mass is 35.5. The first kappa shape index (κ1) is 26.7. The van der Waals surface area contributed by atoms with Gasteiger partial charge in [-0.25, -0.2) is 0 Å². The lowest BCUT2D eigenvalue weighted by atomic mass is 10.0. The molecule has 1 aromatic heterocycles. The van der Waals surface area contributed by atoms with Gasteiger partial charge in [-0.15, -0.1) is 0 Å². The van der Waals surface area contributed by atoms with Crippen molar-refractivity contribution in [2.24, 2.45) is 0 Å². The van der Waals surface area contributed by atoms with Crippen LogP contribution in [0, 0.1) is 0 Å². The molecule has 5 aromatic rings. The molecule has 0 bridgehead atoms. The summed E-state index contributed by atoms with van der Waals surface area (Å²) in [4.78, 5) is 28.3. The number of thiocarbonyl (C=S) groups is 1. The summed E-state index contributed by atoms with van der Waals surface area (Å²) in [6.07, 6.45) is 1.61. The third-order valence-electron chi connectivity index (χ3n) is 6.73. The van der Waals surface area contributed by atoms with E-state index in [9.17, 15) is 9.59 Å². The predicted octanol–water partition coefficient (Wildman–Crippen LogP) is 7.95. The summed E-state index contributed by atoms with van der Waals surface area (Å²) in [6, 6.07) is 36.7. The molecule has 4 aromatic carbocycles. The first-order valence-corrected chi connectivity index (χ1v) is 13.9. The molecule has 0 radical (unpaired) electrons. The van der Waals surface area contributed by atoms with E-state index in [1.807, 2.05) is 97.1 Å². The fourth-order valence-electron chi connectivity index (χ4n) is 4.90. The van der Waals surface area contributed by atoms with Gasteiger partial charge in [0, 0.05) is 11.3 Å². The number of nitrogens with one attached hydrogen (secondary N) is 1. The number of hydrogen-bond donors (Lipinski definition) is 1. The number of benzene rings is 4. The Morgan fingerprint density at radius 3 is 2.00 bits per heavy atom. The Morgan fingerprint density at radius 1 is 0.732 bits per heavy atom. The molecular weight excluding hydrogens is 573 g/mol. The normalized spacial score (nSPS) is 14.4. The van der Waals surface area contributed by atoms with Crippen LogP contribution in [0.25, 0.3) is 34.3 Å². The van der Waals surface area contributed by atoms with Gasteiger partial charge in [-0.05, 0) is 59.8 Å². The van der Waals surface area contributed by atoms with Gasteiger partial charge < -0.3 is 4.57 Å². The number of hydrogen-bond acceptors (Lipinski definition) is 3. The molecule has 6 rings (SSSR count). The molecule has 1 aliphatic heterocycles. The molecule has 0 unspecified atom stereocenters. The third kappa shape index (κ3) is 4.98. The van der Waals surface area contributed by atoms with Crippen molar-refractivity contribution in [1.29, 1.82) is 0 Å². The Kier molecular flexibility index (Phi) is 7.28. The number of nitrogens with zero attached hydrogens (tertiary/aromatic N) is 2. The minimum absolute atomic E-state index is 0.0728. The van der Waals surface area contributed by atoms with Gasteiger partial charge in [-0.1, -0.05) is 108 Å². The van der Waals surface area contributed by atoms with Crippen LogP contribution in [-0.4, -0.2) is 21.5 Å². The van der Waals surface area contributed by atoms with Crippen LogP contribution in [0.3, 0.4) is 0 Å². The van der Waals surface area contributed by atoms with Crippen molar-refractivity contribution in [2.45, 2.75) is 0 Å². The Balaban J connectivity index is 1.60. The number of aromatic nitrogens is 1. The Hall–Kier alpha value is -4.49. The van der Waals surface area contributed by atoms with Gasteiger partial charge in [0.15, 0.2) is 5.11 Å². The van der Waals surface area contributed by atoms with E-state index < -0.39 is 11.8 Å². The highest BCUT2D eigenvalue weighted by molar-refractivity contribution is 7.80. The number of anilines is 1. The minimum atomic E-state index is -0.601. The molecule has 0 atom stereocenters. The van der Waals surface area contributed by atoms with Crippen LogP contribution in [0.4, 0.5) is 5.69 Å². The van der Waals surface area contributed by atoms with E-state index in [0.717, 1.165) is 28.2 Å². The molecule has 1 saturated heterocycles. The van der Waals surface area contributed by atoms with E-state index in [4.69, 9.17) is 35.4 Å². The third-order valence-corrected chi connectivity index (χ3v) is 7.83. The fraction of sp³-hybridized carbons (Fsp3) is 0. The molecule has 1 aliphatic rings. The zero-order valence-electron chi connectivity index (χ0n) is 21.4. The molecule has 0 saturated carbocycles. The van der Waals surface area contributed by atoms with E-state index in [1.54, 1.807) is 24.3 Å². The highest BCUT2D eigenvalue weighted by Crippen LogP contribution is 2.38. The molecule has 200 valence electrons. The number of carbonyl (C=O) groups excluding carboxylic acids is 2. The molecule has 0 aliphatic carbocycles. The standard InChI is InChI=1S/C33H21Cl2N3O2S/c34-26-17-10-18-27(29(26)35)38-32(40)25(31(39)36-33(38)41)19-23-20-28(21-11-4-1-5-12-21)37(24-15-8-3-9-16-24)30(23)22-13-6-2-7-14-22/h1-20H,(H,36,39,41)/b25-19-. The number of rotatable bonds is 5. The van der Waals surface area contributed by atoms with Crippen LogP contribution in [0.15, 0.2) is 121 Å². The second kappa shape index (κ2) is 11.2. The van der Waals surface area contributed by atoms with Crippen molar-refractivity contribution in [3.8, 4) is 28.2 Å². The van der Waals surface area contributed by atoms with Gasteiger partial charge in [0.25, 0.3) is 11.8 Å². The smallest absolute Gasteiger partial charge is 0.270 e. The molecule has 41 heavy (non-hydrogen) atoms. The summed E-state index contributed by atoms with van der Waals surface area (Å²) >= 11 is 18.1. The maximum absolute atomic E-state index is 13.9. The molecule has 1 fully saturated rings. The number of amides is 2. The van der Waals surface area contributed by atoms with E-state index in [0.29, 0.717) is 5.56 Å². The maximum Gasteiger partial charge on any atom is 0.270 e. The van der Waals surface area contributed by atoms with Crippen LogP contribution in [0.2, 0.25) is 10.0 Å². The Bertz CT molecular complexity index is 1840. The van der Waals surface area contributed by atoms with Crippen molar-refractivity contribution in [1.82, 2.24) is 9.88 Å². The molecule has 1 N–H and O–H groups in total. The highest BCUT2D eigenvalue weighted by Gasteiger charge is 2.36.